The van der Waals surface area contributed by atoms with Crippen molar-refractivity contribution in [3.05, 3.63) is 29.7 Å². The third-order valence-electron chi connectivity index (χ3n) is 2.23. The van der Waals surface area contributed by atoms with Crippen molar-refractivity contribution in [1.82, 2.24) is 4.98 Å². The van der Waals surface area contributed by atoms with E-state index >= 15 is 0 Å². The topological polar surface area (TPSA) is 48.4 Å². The quantitative estimate of drug-likeness (QED) is 0.480. The van der Waals surface area contributed by atoms with Crippen LogP contribution in [0.25, 0.3) is 10.2 Å². The molecular formula is C13H13NO3S2. The predicted octanol–water partition coefficient (Wildman–Crippen LogP) is 3.47. The third-order valence-corrected chi connectivity index (χ3v) is 4.14. The van der Waals surface area contributed by atoms with Gasteiger partial charge in [-0.1, -0.05) is 11.8 Å². The number of hydrogen-bond donors (Lipinski definition) is 0. The van der Waals surface area contributed by atoms with Gasteiger partial charge in [-0.3, -0.25) is 0 Å². The molecule has 6 heteroatoms. The van der Waals surface area contributed by atoms with Crippen LogP contribution >= 0.6 is 23.1 Å². The summed E-state index contributed by atoms with van der Waals surface area (Å²) in [6, 6.07) is 5.82. The fourth-order valence-electron chi connectivity index (χ4n) is 1.41. The lowest BCUT2D eigenvalue weighted by Crippen LogP contribution is -1.92. The number of esters is 1. The van der Waals surface area contributed by atoms with Gasteiger partial charge in [0.2, 0.25) is 0 Å². The number of carbonyl (C=O) groups is 1. The number of rotatable bonds is 5. The van der Waals surface area contributed by atoms with Gasteiger partial charge in [0.25, 0.3) is 0 Å². The summed E-state index contributed by atoms with van der Waals surface area (Å²) in [5.41, 5.74) is 0.933. The van der Waals surface area contributed by atoms with Gasteiger partial charge in [0.1, 0.15) is 5.75 Å². The lowest BCUT2D eigenvalue weighted by atomic mass is 10.3. The summed E-state index contributed by atoms with van der Waals surface area (Å²) in [5, 5.41) is 1.67. The molecule has 0 saturated heterocycles. The van der Waals surface area contributed by atoms with Gasteiger partial charge in [0, 0.05) is 6.08 Å². The fraction of sp³-hybridized carbons (Fsp3) is 0.231. The largest absolute Gasteiger partial charge is 0.494 e. The highest BCUT2D eigenvalue weighted by atomic mass is 32.2. The maximum absolute atomic E-state index is 10.9. The number of hydrogen-bond acceptors (Lipinski definition) is 6. The van der Waals surface area contributed by atoms with Gasteiger partial charge in [0.05, 0.1) is 23.9 Å². The van der Waals surface area contributed by atoms with Crippen molar-refractivity contribution in [3.8, 4) is 5.75 Å². The second kappa shape index (κ2) is 6.58. The molecule has 0 bridgehead atoms. The van der Waals surface area contributed by atoms with E-state index in [0.29, 0.717) is 6.61 Å². The lowest BCUT2D eigenvalue weighted by Gasteiger charge is -2.00. The zero-order valence-electron chi connectivity index (χ0n) is 10.6. The van der Waals surface area contributed by atoms with Crippen LogP contribution in [0.2, 0.25) is 0 Å². The van der Waals surface area contributed by atoms with Gasteiger partial charge in [-0.25, -0.2) is 9.78 Å². The molecular weight excluding hydrogens is 282 g/mol. The Kier molecular flexibility index (Phi) is 4.81. The van der Waals surface area contributed by atoms with Crippen molar-refractivity contribution < 1.29 is 14.3 Å². The molecule has 100 valence electrons. The summed E-state index contributed by atoms with van der Waals surface area (Å²) >= 11 is 2.96. The van der Waals surface area contributed by atoms with Gasteiger partial charge < -0.3 is 9.47 Å². The maximum atomic E-state index is 10.9. The Morgan fingerprint density at radius 2 is 2.37 bits per heavy atom. The number of methoxy groups -OCH3 is 1. The minimum Gasteiger partial charge on any atom is -0.494 e. The van der Waals surface area contributed by atoms with Crippen LogP contribution in [0.4, 0.5) is 0 Å². The highest BCUT2D eigenvalue weighted by molar-refractivity contribution is 8.03. The Morgan fingerprint density at radius 1 is 1.53 bits per heavy atom. The molecule has 0 unspecified atom stereocenters. The van der Waals surface area contributed by atoms with Crippen LogP contribution in [0.15, 0.2) is 34.0 Å². The van der Waals surface area contributed by atoms with E-state index in [-0.39, 0.29) is 5.97 Å². The molecule has 0 aliphatic heterocycles. The smallest absolute Gasteiger partial charge is 0.330 e. The molecule has 0 aliphatic carbocycles. The van der Waals surface area contributed by atoms with E-state index in [0.717, 1.165) is 20.3 Å². The normalized spacial score (nSPS) is 11.1. The number of carbonyl (C=O) groups excluding carboxylic acids is 1. The number of nitrogens with zero attached hydrogens (tertiary/aromatic N) is 1. The Balaban J connectivity index is 2.12. The molecule has 0 saturated carbocycles. The minimum absolute atomic E-state index is 0.368. The predicted molar refractivity (Wildman–Crippen MR) is 77.8 cm³/mol. The van der Waals surface area contributed by atoms with Crippen LogP contribution in [0.5, 0.6) is 5.75 Å². The third kappa shape index (κ3) is 3.71. The lowest BCUT2D eigenvalue weighted by molar-refractivity contribution is -0.134. The van der Waals surface area contributed by atoms with Crippen LogP contribution in [0.3, 0.4) is 0 Å². The zero-order valence-corrected chi connectivity index (χ0v) is 12.2. The SMILES string of the molecule is CCOc1ccc2nc(S/C=C/C(=O)OC)sc2c1. The summed E-state index contributed by atoms with van der Waals surface area (Å²) in [5.74, 6) is 0.479. The molecule has 1 aromatic heterocycles. The van der Waals surface area contributed by atoms with Gasteiger partial charge in [-0.05, 0) is 30.5 Å². The molecule has 0 spiro atoms. The van der Waals surface area contributed by atoms with Crippen molar-refractivity contribution in [3.63, 3.8) is 0 Å². The zero-order chi connectivity index (χ0) is 13.7. The van der Waals surface area contributed by atoms with Crippen molar-refractivity contribution in [2.75, 3.05) is 13.7 Å². The molecule has 0 fully saturated rings. The number of thioether (sulfide) groups is 1. The van der Waals surface area contributed by atoms with Gasteiger partial charge in [-0.15, -0.1) is 11.3 Å². The van der Waals surface area contributed by atoms with E-state index in [2.05, 4.69) is 9.72 Å². The Labute approximate surface area is 119 Å². The van der Waals surface area contributed by atoms with Crippen LogP contribution in [0.1, 0.15) is 6.92 Å². The average Bonchev–Trinajstić information content (AvgIpc) is 2.80. The molecule has 2 rings (SSSR count). The second-order valence-corrected chi connectivity index (χ2v) is 5.67. The van der Waals surface area contributed by atoms with Gasteiger partial charge >= 0.3 is 5.97 Å². The second-order valence-electron chi connectivity index (χ2n) is 3.49. The molecule has 0 radical (unpaired) electrons. The first kappa shape index (κ1) is 13.9. The number of ether oxygens (including phenoxy) is 2. The Hall–Kier alpha value is -1.53. The fourth-order valence-corrected chi connectivity index (χ4v) is 3.21. The molecule has 0 aliphatic rings. The maximum Gasteiger partial charge on any atom is 0.330 e. The van der Waals surface area contributed by atoms with Crippen molar-refractivity contribution in [2.45, 2.75) is 11.3 Å². The first-order chi connectivity index (χ1) is 9.22. The van der Waals surface area contributed by atoms with E-state index in [4.69, 9.17) is 4.74 Å². The van der Waals surface area contributed by atoms with Crippen LogP contribution in [0, 0.1) is 0 Å². The van der Waals surface area contributed by atoms with E-state index in [1.807, 2.05) is 25.1 Å². The van der Waals surface area contributed by atoms with Gasteiger partial charge in [-0.2, -0.15) is 0 Å². The minimum atomic E-state index is -0.368. The number of thiazole rings is 1. The summed E-state index contributed by atoms with van der Waals surface area (Å²) in [6.45, 7) is 2.60. The Morgan fingerprint density at radius 3 is 3.11 bits per heavy atom. The highest BCUT2D eigenvalue weighted by Gasteiger charge is 2.05. The van der Waals surface area contributed by atoms with E-state index in [9.17, 15) is 4.79 Å². The highest BCUT2D eigenvalue weighted by Crippen LogP contribution is 2.32. The van der Waals surface area contributed by atoms with Crippen LogP contribution in [-0.4, -0.2) is 24.7 Å². The molecule has 2 aromatic rings. The van der Waals surface area contributed by atoms with Gasteiger partial charge in [0.15, 0.2) is 4.34 Å². The standard InChI is InChI=1S/C13H13NO3S2/c1-3-17-9-4-5-10-11(8-9)19-13(14-10)18-7-6-12(15)16-2/h4-8H,3H2,1-2H3/b7-6+. The summed E-state index contributed by atoms with van der Waals surface area (Å²) in [7, 11) is 1.35. The average molecular weight is 295 g/mol. The van der Waals surface area contributed by atoms with E-state index in [1.165, 1.54) is 24.9 Å². The van der Waals surface area contributed by atoms with Crippen molar-refractivity contribution >= 4 is 39.3 Å². The molecule has 1 aromatic carbocycles. The monoisotopic (exact) mass is 295 g/mol. The van der Waals surface area contributed by atoms with Crippen molar-refractivity contribution in [1.29, 1.82) is 0 Å². The Bertz CT molecular complexity index is 607. The molecule has 4 nitrogen and oxygen atoms in total. The summed E-state index contributed by atoms with van der Waals surface area (Å²) < 4.78 is 11.9. The summed E-state index contributed by atoms with van der Waals surface area (Å²) in [6.07, 6.45) is 1.38. The number of benzene rings is 1. The summed E-state index contributed by atoms with van der Waals surface area (Å²) in [4.78, 5) is 15.4. The number of aromatic nitrogens is 1. The van der Waals surface area contributed by atoms with Crippen LogP contribution in [-0.2, 0) is 9.53 Å². The molecule has 19 heavy (non-hydrogen) atoms. The molecule has 0 amide bonds. The molecule has 0 N–H and O–H groups in total. The number of fused-ring (bicyclic) bond motifs is 1. The first-order valence-electron chi connectivity index (χ1n) is 5.67. The van der Waals surface area contributed by atoms with Crippen molar-refractivity contribution in [2.24, 2.45) is 0 Å². The van der Waals surface area contributed by atoms with Crippen LogP contribution < -0.4 is 4.74 Å². The molecule has 1 heterocycles. The van der Waals surface area contributed by atoms with E-state index in [1.54, 1.807) is 16.7 Å². The first-order valence-corrected chi connectivity index (χ1v) is 7.37. The van der Waals surface area contributed by atoms with E-state index < -0.39 is 0 Å². The molecule has 0 atom stereocenters.